The van der Waals surface area contributed by atoms with E-state index in [1.165, 1.54) is 13.8 Å². The van der Waals surface area contributed by atoms with Gasteiger partial charge in [-0.05, 0) is 200 Å². The highest BCUT2D eigenvalue weighted by Gasteiger charge is 2.79. The lowest BCUT2D eigenvalue weighted by Crippen LogP contribution is -2.65. The maximum atomic E-state index is 16.1. The van der Waals surface area contributed by atoms with E-state index < -0.39 is 77.1 Å². The van der Waals surface area contributed by atoms with Crippen LogP contribution in [0.1, 0.15) is 195 Å². The molecule has 6 nitrogen and oxygen atoms in total. The molecule has 440 valence electrons. The largest absolute Gasteiger partial charge is 0.508 e. The van der Waals surface area contributed by atoms with Crippen LogP contribution in [0.2, 0.25) is 0 Å². The van der Waals surface area contributed by atoms with Crippen LogP contribution in [0.15, 0.2) is 65.3 Å². The number of fused-ring (bicyclic) bond motifs is 9. The summed E-state index contributed by atoms with van der Waals surface area (Å²) in [5.74, 6) is -10.4. The maximum absolute atomic E-state index is 16.1. The Morgan fingerprint density at radius 1 is 0.734 bits per heavy atom. The third-order valence-electron chi connectivity index (χ3n) is 20.9. The second-order valence-corrected chi connectivity index (χ2v) is 25.5. The van der Waals surface area contributed by atoms with Gasteiger partial charge in [-0.1, -0.05) is 81.9 Å². The number of halogens is 11. The number of phenolic OH excluding ortho intramolecular Hbond substituents is 1. The van der Waals surface area contributed by atoms with Gasteiger partial charge in [0.2, 0.25) is 0 Å². The number of rotatable bonds is 17. The lowest BCUT2D eigenvalue weighted by Gasteiger charge is -2.56. The highest BCUT2D eigenvalue weighted by atomic mass is 19.4. The van der Waals surface area contributed by atoms with E-state index in [0.29, 0.717) is 62.8 Å². The number of alkyl halides is 11. The van der Waals surface area contributed by atoms with Crippen LogP contribution < -0.4 is 0 Å². The third kappa shape index (κ3) is 11.5. The Balaban J connectivity index is 0.000000211. The highest BCUT2D eigenvalue weighted by Crippen LogP contribution is 2.71. The molecule has 2 aromatic rings. The molecule has 0 heterocycles. The molecule has 9 rings (SSSR count). The number of hydrogen-bond donors (Lipinski definition) is 3. The predicted molar refractivity (Wildman–Crippen MR) is 280 cm³/mol. The Morgan fingerprint density at radius 3 is 2.01 bits per heavy atom. The maximum Gasteiger partial charge on any atom is 0.456 e. The first-order chi connectivity index (χ1) is 36.8. The molecular weight excluding hydrogens is 1050 g/mol. The molecule has 0 unspecified atom stereocenters. The molecule has 0 bridgehead atoms. The lowest BCUT2D eigenvalue weighted by molar-refractivity contribution is -0.362. The average Bonchev–Trinajstić information content (AvgIpc) is 3.36. The summed E-state index contributed by atoms with van der Waals surface area (Å²) < 4.78 is 150. The molecule has 7 aliphatic carbocycles. The van der Waals surface area contributed by atoms with Crippen molar-refractivity contribution in [1.82, 2.24) is 4.90 Å². The number of hydrogen-bond acceptors (Lipinski definition) is 6. The molecule has 12 atom stereocenters. The van der Waals surface area contributed by atoms with E-state index in [4.69, 9.17) is 0 Å². The minimum atomic E-state index is -5.87. The second kappa shape index (κ2) is 22.7. The van der Waals surface area contributed by atoms with Gasteiger partial charge >= 0.3 is 24.2 Å². The fourth-order valence-corrected chi connectivity index (χ4v) is 16.4. The van der Waals surface area contributed by atoms with Gasteiger partial charge in [0, 0.05) is 41.1 Å². The highest BCUT2D eigenvalue weighted by molar-refractivity contribution is 5.94. The van der Waals surface area contributed by atoms with Crippen molar-refractivity contribution in [3.8, 4) is 5.75 Å². The van der Waals surface area contributed by atoms with Crippen LogP contribution in [0, 0.1) is 40.4 Å². The van der Waals surface area contributed by atoms with E-state index in [1.807, 2.05) is 19.1 Å². The van der Waals surface area contributed by atoms with Crippen LogP contribution in [0.3, 0.4) is 0 Å². The number of phenols is 1. The summed E-state index contributed by atoms with van der Waals surface area (Å²) in [6, 6.07) is 12.2. The third-order valence-corrected chi connectivity index (χ3v) is 20.9. The summed E-state index contributed by atoms with van der Waals surface area (Å²) in [6.45, 7) is 8.61. The fourth-order valence-electron chi connectivity index (χ4n) is 16.4. The van der Waals surface area contributed by atoms with E-state index in [0.717, 1.165) is 97.9 Å². The number of unbranched alkanes of at least 4 members (excludes halogenated alkanes) is 6. The van der Waals surface area contributed by atoms with Crippen molar-refractivity contribution in [3.63, 3.8) is 0 Å². The van der Waals surface area contributed by atoms with Crippen LogP contribution in [-0.2, 0) is 11.2 Å². The topological polar surface area (TPSA) is 98.1 Å². The normalized spacial score (nSPS) is 33.5. The first-order valence-corrected chi connectivity index (χ1v) is 28.8. The fraction of sp³-hybridized carbons (Fsp3) is 0.710. The molecule has 0 saturated heterocycles. The summed E-state index contributed by atoms with van der Waals surface area (Å²) in [6.07, 6.45) is -0.949. The Bertz CT molecular complexity index is 2590. The molecule has 0 radical (unpaired) electrons. The first-order valence-electron chi connectivity index (χ1n) is 28.8. The Hall–Kier alpha value is -3.83. The number of Topliss-reactive ketones (excluding diaryl/α,β-unsaturated/α-hetero) is 1. The van der Waals surface area contributed by atoms with Crippen molar-refractivity contribution >= 4 is 11.6 Å². The molecule has 0 spiro atoms. The number of carbonyl (C=O) groups is 2. The van der Waals surface area contributed by atoms with Crippen LogP contribution in [0.25, 0.3) is 0 Å². The molecular formula is C62H80F11NO5. The average molecular weight is 1130 g/mol. The van der Waals surface area contributed by atoms with Gasteiger partial charge in [0.1, 0.15) is 17.5 Å². The number of ketones is 2. The molecule has 7 aliphatic rings. The number of aromatic hydroxyl groups is 1. The van der Waals surface area contributed by atoms with Crippen molar-refractivity contribution in [2.24, 2.45) is 40.4 Å². The Labute approximate surface area is 458 Å². The molecule has 2 aromatic carbocycles. The SMILES string of the molecule is CC(=O)c1ccc([C@H]2C[C@@]3(C)[C@@H](CC[C@@]3(O)C(F)(F)C(F)(F)F)[C@@H]3CCC4=CC(=O)CCC4=C32)cc1.CN(CCCCCCCC(F)(F)C(F)(F)F)CCCCC[C@@H]1Cc2cc(O)ccc2[C@@H]2[C@@H]1[C@@H]1CC[C@](C)(O)[C@@]1(C)C[C@@H]2F. The van der Waals surface area contributed by atoms with Gasteiger partial charge in [-0.25, -0.2) is 4.39 Å². The lowest BCUT2D eigenvalue weighted by atomic mass is 9.50. The van der Waals surface area contributed by atoms with E-state index in [9.17, 15) is 68.8 Å². The minimum absolute atomic E-state index is 0.0378. The summed E-state index contributed by atoms with van der Waals surface area (Å²) in [7, 11) is 2.05. The number of nitrogens with zero attached hydrogens (tertiary/aromatic N) is 1. The molecule has 4 fully saturated rings. The van der Waals surface area contributed by atoms with Crippen LogP contribution in [0.5, 0.6) is 5.75 Å². The van der Waals surface area contributed by atoms with Crippen LogP contribution in [0.4, 0.5) is 48.3 Å². The monoisotopic (exact) mass is 1130 g/mol. The molecule has 0 amide bonds. The van der Waals surface area contributed by atoms with Gasteiger partial charge in [-0.2, -0.15) is 43.9 Å². The zero-order valence-corrected chi connectivity index (χ0v) is 46.3. The van der Waals surface area contributed by atoms with Gasteiger partial charge in [-0.15, -0.1) is 0 Å². The second-order valence-electron chi connectivity index (χ2n) is 25.5. The summed E-state index contributed by atoms with van der Waals surface area (Å²) in [5, 5.41) is 32.7. The zero-order chi connectivity index (χ0) is 57.9. The van der Waals surface area contributed by atoms with Crippen molar-refractivity contribution in [2.45, 2.75) is 216 Å². The van der Waals surface area contributed by atoms with Gasteiger partial charge in [0.25, 0.3) is 0 Å². The quantitative estimate of drug-likeness (QED) is 0.0829. The van der Waals surface area contributed by atoms with Crippen molar-refractivity contribution in [3.05, 3.63) is 87.5 Å². The molecule has 3 N–H and O–H groups in total. The Morgan fingerprint density at radius 2 is 1.37 bits per heavy atom. The number of benzene rings is 2. The number of aliphatic hydroxyl groups is 2. The van der Waals surface area contributed by atoms with Gasteiger partial charge in [0.15, 0.2) is 11.6 Å². The van der Waals surface area contributed by atoms with Crippen molar-refractivity contribution < 1.29 is 73.2 Å². The number of carbonyl (C=O) groups excluding carboxylic acids is 2. The van der Waals surface area contributed by atoms with Gasteiger partial charge < -0.3 is 20.2 Å². The number of allylic oxidation sites excluding steroid dienone is 4. The van der Waals surface area contributed by atoms with E-state index in [1.54, 1.807) is 36.4 Å². The van der Waals surface area contributed by atoms with E-state index in [2.05, 4.69) is 18.9 Å². The summed E-state index contributed by atoms with van der Waals surface area (Å²) in [4.78, 5) is 26.1. The minimum Gasteiger partial charge on any atom is -0.508 e. The first kappa shape index (κ1) is 61.2. The molecule has 0 aromatic heterocycles. The van der Waals surface area contributed by atoms with Crippen LogP contribution >= 0.6 is 0 Å². The smallest absolute Gasteiger partial charge is 0.456 e. The zero-order valence-electron chi connectivity index (χ0n) is 46.3. The molecule has 17 heteroatoms. The Kier molecular flexibility index (Phi) is 17.6. The van der Waals surface area contributed by atoms with E-state index >= 15 is 4.39 Å². The van der Waals surface area contributed by atoms with Gasteiger partial charge in [-0.3, -0.25) is 9.59 Å². The molecule has 79 heavy (non-hydrogen) atoms. The standard InChI is InChI=1S/C34H51F6NO2.C28H29F5O3/c1-31-22-28(35)30-26-14-13-25(42)21-24(26)20-23(29(30)27(31)15-17-32(31,2)43)12-8-7-11-19-41(3)18-10-6-4-5-9-16-33(36,37)34(38,39)40;1-15(34)16-3-5-17(6-4-16)22-14-25(2)23(11-12-26(25,36)27(29,30)28(31,32)33)21-9-7-18-13-19(35)8-10-20(18)24(21)22/h13-14,21,23,27-30,42-43H,4-12,15-20,22H2,1-3H3;3-6,13,21-23,36H,7-12,14H2,1-2H3/t23-,27+,28+,29+,30+,31+,32+;21-,22+,23-,25-,26-/m10/s1. The van der Waals surface area contributed by atoms with Crippen LogP contribution in [-0.4, -0.2) is 93.5 Å². The molecule has 0 aliphatic heterocycles. The summed E-state index contributed by atoms with van der Waals surface area (Å²) in [5.41, 5.74) is 0.0555. The molecule has 4 saturated carbocycles. The van der Waals surface area contributed by atoms with E-state index in [-0.39, 0.29) is 60.3 Å². The van der Waals surface area contributed by atoms with Gasteiger partial charge in [0.05, 0.1) is 5.60 Å². The summed E-state index contributed by atoms with van der Waals surface area (Å²) >= 11 is 0. The van der Waals surface area contributed by atoms with Crippen molar-refractivity contribution in [1.29, 1.82) is 0 Å². The predicted octanol–water partition coefficient (Wildman–Crippen LogP) is 15.9. The van der Waals surface area contributed by atoms with Crippen molar-refractivity contribution in [2.75, 3.05) is 20.1 Å².